The maximum Gasteiger partial charge on any atom is 0.153 e. The largest absolute Gasteiger partial charge is 0.388 e. The maximum absolute atomic E-state index is 7.08. The first-order valence-electron chi connectivity index (χ1n) is 4.88. The lowest BCUT2D eigenvalue weighted by Crippen LogP contribution is -2.04. The lowest BCUT2D eigenvalue weighted by molar-refractivity contribution is 1.12. The molecule has 1 heterocycles. The molecule has 1 aromatic carbocycles. The average Bonchev–Trinajstić information content (AvgIpc) is 2.68. The van der Waals surface area contributed by atoms with Gasteiger partial charge in [-0.05, 0) is 23.8 Å². The molecule has 0 atom stereocenters. The third-order valence-electron chi connectivity index (χ3n) is 2.42. The van der Waals surface area contributed by atoms with Crippen molar-refractivity contribution >= 4 is 28.6 Å². The van der Waals surface area contributed by atoms with E-state index in [0.29, 0.717) is 5.82 Å². The predicted molar refractivity (Wildman–Crippen MR) is 66.3 cm³/mol. The summed E-state index contributed by atoms with van der Waals surface area (Å²) in [4.78, 5) is 0. The van der Waals surface area contributed by atoms with Crippen LogP contribution >= 0.6 is 0 Å². The van der Waals surface area contributed by atoms with Crippen molar-refractivity contribution in [3.05, 3.63) is 29.8 Å². The fourth-order valence-electron chi connectivity index (χ4n) is 1.61. The molecule has 0 bridgehead atoms. The Morgan fingerprint density at radius 2 is 2.38 bits per heavy atom. The molecular weight excluding hydrogens is 202 g/mol. The van der Waals surface area contributed by atoms with Crippen LogP contribution in [0.15, 0.2) is 24.3 Å². The molecule has 0 fully saturated rings. The number of H-pyrrole nitrogens is 1. The van der Waals surface area contributed by atoms with Crippen LogP contribution in [0.4, 0.5) is 5.82 Å². The number of fused-ring (bicyclic) bond motifs is 1. The van der Waals surface area contributed by atoms with Crippen LogP contribution in [0.3, 0.4) is 0 Å². The van der Waals surface area contributed by atoms with E-state index in [1.165, 1.54) is 6.21 Å². The van der Waals surface area contributed by atoms with Crippen LogP contribution in [0.25, 0.3) is 16.6 Å². The summed E-state index contributed by atoms with van der Waals surface area (Å²) >= 11 is 0. The molecule has 0 aliphatic carbocycles. The molecular formula is C11H13N5. The SMILES string of the molecule is CN/C(=C\C=N)c1ccc2[nH]nc(N)c2c1. The molecule has 0 aliphatic heterocycles. The first-order valence-corrected chi connectivity index (χ1v) is 4.88. The monoisotopic (exact) mass is 215 g/mol. The molecule has 0 amide bonds. The minimum Gasteiger partial charge on any atom is -0.388 e. The van der Waals surface area contributed by atoms with Gasteiger partial charge in [0.1, 0.15) is 0 Å². The number of nitrogens with one attached hydrogen (secondary N) is 3. The number of anilines is 1. The Morgan fingerprint density at radius 3 is 3.06 bits per heavy atom. The van der Waals surface area contributed by atoms with Crippen molar-refractivity contribution < 1.29 is 0 Å². The molecule has 1 aromatic heterocycles. The highest BCUT2D eigenvalue weighted by Crippen LogP contribution is 2.22. The molecule has 0 aliphatic rings. The number of nitrogen functional groups attached to an aromatic ring is 1. The smallest absolute Gasteiger partial charge is 0.153 e. The molecule has 0 saturated heterocycles. The van der Waals surface area contributed by atoms with Crippen LogP contribution in [-0.4, -0.2) is 23.5 Å². The molecule has 5 heteroatoms. The number of hydrogen-bond donors (Lipinski definition) is 4. The number of rotatable bonds is 3. The highest BCUT2D eigenvalue weighted by atomic mass is 15.1. The Bertz CT molecular complexity index is 553. The molecule has 2 aromatic rings. The van der Waals surface area contributed by atoms with E-state index in [4.69, 9.17) is 11.1 Å². The van der Waals surface area contributed by atoms with Crippen LogP contribution in [-0.2, 0) is 0 Å². The standard InChI is InChI=1S/C11H13N5/c1-14-9(4-5-12)7-2-3-10-8(6-7)11(13)16-15-10/h2-6,12,14H,1H3,(H3,13,15,16)/b9-4-,12-5?. The van der Waals surface area contributed by atoms with Crippen molar-refractivity contribution in [2.75, 3.05) is 12.8 Å². The van der Waals surface area contributed by atoms with E-state index in [1.807, 2.05) is 25.2 Å². The van der Waals surface area contributed by atoms with E-state index in [-0.39, 0.29) is 0 Å². The van der Waals surface area contributed by atoms with Gasteiger partial charge in [-0.15, -0.1) is 0 Å². The zero-order valence-corrected chi connectivity index (χ0v) is 8.91. The van der Waals surface area contributed by atoms with Gasteiger partial charge in [-0.3, -0.25) is 5.10 Å². The Balaban J connectivity index is 2.57. The first-order chi connectivity index (χ1) is 7.76. The van der Waals surface area contributed by atoms with Crippen molar-refractivity contribution in [1.29, 1.82) is 5.41 Å². The summed E-state index contributed by atoms with van der Waals surface area (Å²) in [6.07, 6.45) is 2.94. The number of allylic oxidation sites excluding steroid dienone is 1. The maximum atomic E-state index is 7.08. The van der Waals surface area contributed by atoms with E-state index in [2.05, 4.69) is 15.5 Å². The zero-order valence-electron chi connectivity index (χ0n) is 8.91. The molecule has 0 spiro atoms. The van der Waals surface area contributed by atoms with Crippen molar-refractivity contribution in [2.24, 2.45) is 0 Å². The van der Waals surface area contributed by atoms with Crippen molar-refractivity contribution in [1.82, 2.24) is 15.5 Å². The molecule has 16 heavy (non-hydrogen) atoms. The van der Waals surface area contributed by atoms with Gasteiger partial charge < -0.3 is 16.5 Å². The van der Waals surface area contributed by atoms with Gasteiger partial charge in [0, 0.05) is 24.3 Å². The molecule has 0 radical (unpaired) electrons. The highest BCUT2D eigenvalue weighted by molar-refractivity contribution is 5.92. The fourth-order valence-corrected chi connectivity index (χ4v) is 1.61. The van der Waals surface area contributed by atoms with Crippen molar-refractivity contribution in [3.8, 4) is 0 Å². The minimum atomic E-state index is 0.488. The average molecular weight is 215 g/mol. The number of benzene rings is 1. The third-order valence-corrected chi connectivity index (χ3v) is 2.42. The van der Waals surface area contributed by atoms with Crippen molar-refractivity contribution in [3.63, 3.8) is 0 Å². The molecule has 5 N–H and O–H groups in total. The second kappa shape index (κ2) is 4.06. The second-order valence-electron chi connectivity index (χ2n) is 3.37. The summed E-state index contributed by atoms with van der Waals surface area (Å²) in [5.74, 6) is 0.488. The Labute approximate surface area is 92.9 Å². The fraction of sp³-hybridized carbons (Fsp3) is 0.0909. The van der Waals surface area contributed by atoms with Gasteiger partial charge in [-0.2, -0.15) is 5.10 Å². The highest BCUT2D eigenvalue weighted by Gasteiger charge is 2.05. The Hall–Kier alpha value is -2.30. The van der Waals surface area contributed by atoms with Gasteiger partial charge in [0.25, 0.3) is 0 Å². The first kappa shape index (κ1) is 10.2. The normalized spacial score (nSPS) is 11.7. The molecule has 0 saturated carbocycles. The number of nitrogens with zero attached hydrogens (tertiary/aromatic N) is 1. The molecule has 2 rings (SSSR count). The molecule has 82 valence electrons. The quantitative estimate of drug-likeness (QED) is 0.582. The second-order valence-corrected chi connectivity index (χ2v) is 3.37. The summed E-state index contributed by atoms with van der Waals surface area (Å²) in [6, 6.07) is 5.81. The van der Waals surface area contributed by atoms with Gasteiger partial charge in [0.15, 0.2) is 5.82 Å². The van der Waals surface area contributed by atoms with Gasteiger partial charge in [0.05, 0.1) is 5.52 Å². The van der Waals surface area contributed by atoms with Crippen LogP contribution in [0.1, 0.15) is 5.56 Å². The van der Waals surface area contributed by atoms with E-state index >= 15 is 0 Å². The van der Waals surface area contributed by atoms with Gasteiger partial charge in [-0.25, -0.2) is 0 Å². The van der Waals surface area contributed by atoms with E-state index in [1.54, 1.807) is 6.08 Å². The van der Waals surface area contributed by atoms with Crippen LogP contribution < -0.4 is 11.1 Å². The topological polar surface area (TPSA) is 90.6 Å². The predicted octanol–water partition coefficient (Wildman–Crippen LogP) is 1.35. The summed E-state index contributed by atoms with van der Waals surface area (Å²) in [6.45, 7) is 0. The third kappa shape index (κ3) is 1.63. The summed E-state index contributed by atoms with van der Waals surface area (Å²) in [5.41, 5.74) is 8.49. The van der Waals surface area contributed by atoms with E-state index < -0.39 is 0 Å². The number of hydrogen-bond acceptors (Lipinski definition) is 4. The summed E-state index contributed by atoms with van der Waals surface area (Å²) < 4.78 is 0. The van der Waals surface area contributed by atoms with Gasteiger partial charge in [-0.1, -0.05) is 6.07 Å². The number of aromatic amines is 1. The van der Waals surface area contributed by atoms with Crippen molar-refractivity contribution in [2.45, 2.75) is 0 Å². The number of nitrogens with two attached hydrogens (primary N) is 1. The van der Waals surface area contributed by atoms with Gasteiger partial charge in [0.2, 0.25) is 0 Å². The van der Waals surface area contributed by atoms with E-state index in [9.17, 15) is 0 Å². The Morgan fingerprint density at radius 1 is 1.56 bits per heavy atom. The molecule has 0 unspecified atom stereocenters. The molecule has 5 nitrogen and oxygen atoms in total. The van der Waals surface area contributed by atoms with Gasteiger partial charge >= 0.3 is 0 Å². The lowest BCUT2D eigenvalue weighted by atomic mass is 10.1. The Kier molecular flexibility index (Phi) is 2.59. The van der Waals surface area contributed by atoms with Crippen LogP contribution in [0.5, 0.6) is 0 Å². The zero-order chi connectivity index (χ0) is 11.5. The number of aromatic nitrogens is 2. The minimum absolute atomic E-state index is 0.488. The van der Waals surface area contributed by atoms with Crippen LogP contribution in [0.2, 0.25) is 0 Å². The van der Waals surface area contributed by atoms with Crippen LogP contribution in [0, 0.1) is 5.41 Å². The lowest BCUT2D eigenvalue weighted by Gasteiger charge is -2.05. The van der Waals surface area contributed by atoms with E-state index in [0.717, 1.165) is 22.2 Å². The summed E-state index contributed by atoms with van der Waals surface area (Å²) in [7, 11) is 1.82. The summed E-state index contributed by atoms with van der Waals surface area (Å²) in [5, 5.41) is 17.8.